The van der Waals surface area contributed by atoms with Crippen LogP contribution in [0.1, 0.15) is 42.9 Å². The van der Waals surface area contributed by atoms with Crippen LogP contribution in [0.3, 0.4) is 0 Å². The second kappa shape index (κ2) is 6.55. The summed E-state index contributed by atoms with van der Waals surface area (Å²) >= 11 is 0. The molecule has 1 aromatic carbocycles. The fourth-order valence-electron chi connectivity index (χ4n) is 2.15. The van der Waals surface area contributed by atoms with Crippen molar-refractivity contribution in [2.75, 3.05) is 0 Å². The highest BCUT2D eigenvalue weighted by molar-refractivity contribution is 5.87. The van der Waals surface area contributed by atoms with Gasteiger partial charge in [0.15, 0.2) is 5.69 Å². The molecule has 2 rings (SSSR count). The number of imidazole rings is 1. The van der Waals surface area contributed by atoms with E-state index in [9.17, 15) is 19.3 Å². The summed E-state index contributed by atoms with van der Waals surface area (Å²) in [6.45, 7) is 4.99. The zero-order chi connectivity index (χ0) is 17.1. The van der Waals surface area contributed by atoms with E-state index in [1.54, 1.807) is 26.8 Å². The predicted octanol–water partition coefficient (Wildman–Crippen LogP) is 3.10. The Morgan fingerprint density at radius 3 is 2.70 bits per heavy atom. The number of nitrogens with zero attached hydrogens (tertiary/aromatic N) is 3. The maximum absolute atomic E-state index is 13.9. The first-order valence-corrected chi connectivity index (χ1v) is 6.99. The third-order valence-corrected chi connectivity index (χ3v) is 3.27. The van der Waals surface area contributed by atoms with E-state index in [1.165, 1.54) is 29.1 Å². The first-order chi connectivity index (χ1) is 10.8. The number of nitro benzene ring substituents is 1. The summed E-state index contributed by atoms with van der Waals surface area (Å²) in [5.74, 6) is -1.76. The minimum absolute atomic E-state index is 0.0822. The Balaban J connectivity index is 2.40. The van der Waals surface area contributed by atoms with Crippen LogP contribution >= 0.6 is 0 Å². The van der Waals surface area contributed by atoms with Gasteiger partial charge in [0.2, 0.25) is 5.95 Å². The Hall–Kier alpha value is -2.77. The van der Waals surface area contributed by atoms with Gasteiger partial charge in [-0.15, -0.1) is 0 Å². The summed E-state index contributed by atoms with van der Waals surface area (Å²) in [7, 11) is 0. The quantitative estimate of drug-likeness (QED) is 0.480. The Labute approximate surface area is 131 Å². The molecule has 2 aromatic rings. The molecular weight excluding hydrogens is 305 g/mol. The van der Waals surface area contributed by atoms with Gasteiger partial charge in [-0.2, -0.15) is 4.39 Å². The Bertz CT molecular complexity index is 742. The lowest BCUT2D eigenvalue weighted by atomic mass is 10.1. The van der Waals surface area contributed by atoms with Gasteiger partial charge in [-0.3, -0.25) is 10.1 Å². The van der Waals surface area contributed by atoms with Gasteiger partial charge in [-0.25, -0.2) is 9.78 Å². The molecule has 0 aliphatic heterocycles. The summed E-state index contributed by atoms with van der Waals surface area (Å²) in [4.78, 5) is 25.9. The summed E-state index contributed by atoms with van der Waals surface area (Å²) in [5.41, 5.74) is 0.161. The number of carbonyl (C=O) groups is 1. The maximum Gasteiger partial charge on any atom is 0.360 e. The molecule has 1 aromatic heterocycles. The monoisotopic (exact) mass is 321 g/mol. The molecule has 0 N–H and O–H groups in total. The van der Waals surface area contributed by atoms with Crippen molar-refractivity contribution in [2.24, 2.45) is 0 Å². The van der Waals surface area contributed by atoms with Crippen LogP contribution in [0.5, 0.6) is 0 Å². The van der Waals surface area contributed by atoms with Crippen molar-refractivity contribution in [3.05, 3.63) is 57.9 Å². The molecule has 0 spiro atoms. The molecule has 0 fully saturated rings. The molecule has 1 atom stereocenters. The molecular formula is C15H16FN3O4. The number of benzene rings is 1. The third-order valence-electron chi connectivity index (χ3n) is 3.27. The van der Waals surface area contributed by atoms with Gasteiger partial charge in [-0.05, 0) is 26.3 Å². The normalized spacial score (nSPS) is 12.2. The van der Waals surface area contributed by atoms with E-state index in [-0.39, 0.29) is 11.4 Å². The smallest absolute Gasteiger partial charge is 0.360 e. The molecule has 122 valence electrons. The highest BCUT2D eigenvalue weighted by Gasteiger charge is 2.25. The fourth-order valence-corrected chi connectivity index (χ4v) is 2.15. The molecule has 1 heterocycles. The van der Waals surface area contributed by atoms with Crippen molar-refractivity contribution in [3.8, 4) is 0 Å². The standard InChI is InChI=1S/C15H16FN3O4/c1-9(2)23-15(20)13-14(16)17-8-18(13)10(3)11-5-4-6-12(7-11)19(21)22/h4-10H,1-3H3/t10-/m1/s1. The van der Waals surface area contributed by atoms with Gasteiger partial charge in [0, 0.05) is 12.1 Å². The average molecular weight is 321 g/mol. The van der Waals surface area contributed by atoms with Gasteiger partial charge in [-0.1, -0.05) is 12.1 Å². The van der Waals surface area contributed by atoms with Gasteiger partial charge in [0.25, 0.3) is 5.69 Å². The average Bonchev–Trinajstić information content (AvgIpc) is 2.87. The molecule has 0 aliphatic carbocycles. The zero-order valence-electron chi connectivity index (χ0n) is 12.9. The lowest BCUT2D eigenvalue weighted by molar-refractivity contribution is -0.384. The molecule has 0 bridgehead atoms. The summed E-state index contributed by atoms with van der Waals surface area (Å²) < 4.78 is 20.2. The van der Waals surface area contributed by atoms with Crippen LogP contribution in [0, 0.1) is 16.1 Å². The molecule has 8 heteroatoms. The van der Waals surface area contributed by atoms with E-state index in [2.05, 4.69) is 4.98 Å². The molecule has 7 nitrogen and oxygen atoms in total. The van der Waals surface area contributed by atoms with Crippen LogP contribution in [-0.2, 0) is 4.74 Å². The largest absolute Gasteiger partial charge is 0.458 e. The molecule has 0 unspecified atom stereocenters. The highest BCUT2D eigenvalue weighted by Crippen LogP contribution is 2.25. The summed E-state index contributed by atoms with van der Waals surface area (Å²) in [5, 5.41) is 10.9. The fraction of sp³-hybridized carbons (Fsp3) is 0.333. The van der Waals surface area contributed by atoms with Gasteiger partial charge in [0.05, 0.1) is 23.4 Å². The van der Waals surface area contributed by atoms with Crippen LogP contribution in [0.15, 0.2) is 30.6 Å². The molecule has 0 amide bonds. The lowest BCUT2D eigenvalue weighted by Crippen LogP contribution is -2.19. The molecule has 0 saturated carbocycles. The first kappa shape index (κ1) is 16.6. The van der Waals surface area contributed by atoms with E-state index in [4.69, 9.17) is 4.74 Å². The predicted molar refractivity (Wildman–Crippen MR) is 79.6 cm³/mol. The number of aromatic nitrogens is 2. The van der Waals surface area contributed by atoms with Gasteiger partial charge in [0.1, 0.15) is 0 Å². The number of carbonyl (C=O) groups excluding carboxylic acids is 1. The Kier molecular flexibility index (Phi) is 4.73. The van der Waals surface area contributed by atoms with Crippen molar-refractivity contribution in [1.29, 1.82) is 0 Å². The van der Waals surface area contributed by atoms with E-state index >= 15 is 0 Å². The number of non-ortho nitro benzene ring substituents is 1. The number of nitro groups is 1. The summed E-state index contributed by atoms with van der Waals surface area (Å²) in [6, 6.07) is 5.40. The van der Waals surface area contributed by atoms with Crippen LogP contribution in [0.4, 0.5) is 10.1 Å². The maximum atomic E-state index is 13.9. The topological polar surface area (TPSA) is 87.3 Å². The number of rotatable bonds is 5. The van der Waals surface area contributed by atoms with Crippen LogP contribution in [-0.4, -0.2) is 26.5 Å². The second-order valence-corrected chi connectivity index (χ2v) is 5.27. The van der Waals surface area contributed by atoms with E-state index in [0.29, 0.717) is 5.56 Å². The minimum Gasteiger partial charge on any atom is -0.458 e. The SMILES string of the molecule is CC(C)OC(=O)c1c(F)ncn1[C@H](C)c1cccc([N+](=O)[O-])c1. The van der Waals surface area contributed by atoms with Crippen LogP contribution in [0.2, 0.25) is 0 Å². The van der Waals surface area contributed by atoms with Crippen molar-refractivity contribution >= 4 is 11.7 Å². The first-order valence-electron chi connectivity index (χ1n) is 6.99. The van der Waals surface area contributed by atoms with Crippen molar-refractivity contribution < 1.29 is 18.8 Å². The molecule has 23 heavy (non-hydrogen) atoms. The molecule has 0 radical (unpaired) electrons. The number of hydrogen-bond acceptors (Lipinski definition) is 5. The van der Waals surface area contributed by atoms with Gasteiger partial charge >= 0.3 is 5.97 Å². The minimum atomic E-state index is -0.937. The number of esters is 1. The Morgan fingerprint density at radius 2 is 2.09 bits per heavy atom. The number of hydrogen-bond donors (Lipinski definition) is 0. The molecule has 0 aliphatic rings. The van der Waals surface area contributed by atoms with E-state index in [1.807, 2.05) is 0 Å². The van der Waals surface area contributed by atoms with E-state index < -0.39 is 29.0 Å². The van der Waals surface area contributed by atoms with Crippen LogP contribution in [0.25, 0.3) is 0 Å². The van der Waals surface area contributed by atoms with E-state index in [0.717, 1.165) is 0 Å². The summed E-state index contributed by atoms with van der Waals surface area (Å²) in [6.07, 6.45) is 0.772. The zero-order valence-corrected chi connectivity index (χ0v) is 12.9. The second-order valence-electron chi connectivity index (χ2n) is 5.27. The number of halogens is 1. The van der Waals surface area contributed by atoms with Gasteiger partial charge < -0.3 is 9.30 Å². The van der Waals surface area contributed by atoms with Crippen molar-refractivity contribution in [1.82, 2.24) is 9.55 Å². The van der Waals surface area contributed by atoms with Crippen LogP contribution < -0.4 is 0 Å². The molecule has 0 saturated heterocycles. The lowest BCUT2D eigenvalue weighted by Gasteiger charge is -2.17. The number of ether oxygens (including phenoxy) is 1. The Morgan fingerprint density at radius 1 is 1.39 bits per heavy atom. The third kappa shape index (κ3) is 3.53. The van der Waals surface area contributed by atoms with Crippen molar-refractivity contribution in [3.63, 3.8) is 0 Å². The van der Waals surface area contributed by atoms with Crippen molar-refractivity contribution in [2.45, 2.75) is 32.9 Å². The highest BCUT2D eigenvalue weighted by atomic mass is 19.1.